The molecule has 0 saturated carbocycles. The molecule has 2 N–H and O–H groups in total. The van der Waals surface area contributed by atoms with E-state index in [2.05, 4.69) is 25.8 Å². The number of hydrogen-bond donors (Lipinski definition) is 2. The van der Waals surface area contributed by atoms with E-state index in [0.717, 1.165) is 11.1 Å². The highest BCUT2D eigenvalue weighted by atomic mass is 16.5. The number of fused-ring (bicyclic) bond motifs is 2. The third-order valence-electron chi connectivity index (χ3n) is 4.79. The zero-order valence-electron chi connectivity index (χ0n) is 13.2. The first kappa shape index (κ1) is 15.1. The summed E-state index contributed by atoms with van der Waals surface area (Å²) < 4.78 is 6.06. The summed E-state index contributed by atoms with van der Waals surface area (Å²) in [6.45, 7) is 7.51. The predicted octanol–water partition coefficient (Wildman–Crippen LogP) is 2.17. The van der Waals surface area contributed by atoms with Crippen molar-refractivity contribution >= 4 is 6.09 Å². The molecule has 0 atom stereocenters. The van der Waals surface area contributed by atoms with Crippen LogP contribution in [0.15, 0.2) is 11.0 Å². The van der Waals surface area contributed by atoms with E-state index in [1.54, 1.807) is 6.20 Å². The molecule has 2 aliphatic heterocycles. The number of ether oxygens (including phenoxy) is 1. The van der Waals surface area contributed by atoms with Crippen molar-refractivity contribution in [1.29, 1.82) is 0 Å². The minimum absolute atomic E-state index is 0.0967. The molecule has 0 unspecified atom stereocenters. The molecule has 6 nitrogen and oxygen atoms in total. The van der Waals surface area contributed by atoms with Crippen molar-refractivity contribution in [2.45, 2.75) is 51.2 Å². The third kappa shape index (κ3) is 2.22. The fraction of sp³-hybridized carbons (Fsp3) is 0.625. The quantitative estimate of drug-likeness (QED) is 0.769. The molecule has 1 fully saturated rings. The average molecular weight is 306 g/mol. The lowest BCUT2D eigenvalue weighted by molar-refractivity contribution is -0.0757. The summed E-state index contributed by atoms with van der Waals surface area (Å²) in [5.74, 6) is 0. The summed E-state index contributed by atoms with van der Waals surface area (Å²) in [4.78, 5) is 27.5. The number of aromatic nitrogens is 1. The van der Waals surface area contributed by atoms with Crippen molar-refractivity contribution in [1.82, 2.24) is 9.88 Å². The molecular weight excluding hydrogens is 284 g/mol. The van der Waals surface area contributed by atoms with E-state index in [9.17, 15) is 9.59 Å². The maximum Gasteiger partial charge on any atom is 0.407 e. The van der Waals surface area contributed by atoms with Crippen LogP contribution in [0.1, 0.15) is 50.3 Å². The number of amides is 1. The van der Waals surface area contributed by atoms with Gasteiger partial charge in [-0.25, -0.2) is 4.79 Å². The van der Waals surface area contributed by atoms with Crippen LogP contribution in [-0.4, -0.2) is 34.2 Å². The van der Waals surface area contributed by atoms with Crippen molar-refractivity contribution in [2.24, 2.45) is 0 Å². The zero-order chi connectivity index (χ0) is 16.1. The minimum Gasteiger partial charge on any atom is -0.465 e. The van der Waals surface area contributed by atoms with E-state index in [1.165, 1.54) is 4.90 Å². The van der Waals surface area contributed by atoms with Crippen LogP contribution in [0.4, 0.5) is 4.79 Å². The van der Waals surface area contributed by atoms with Gasteiger partial charge in [-0.1, -0.05) is 20.8 Å². The Balaban J connectivity index is 2.06. The van der Waals surface area contributed by atoms with Gasteiger partial charge in [0.25, 0.3) is 5.56 Å². The van der Waals surface area contributed by atoms with Crippen LogP contribution in [-0.2, 0) is 22.4 Å². The van der Waals surface area contributed by atoms with Crippen LogP contribution >= 0.6 is 0 Å². The van der Waals surface area contributed by atoms with Gasteiger partial charge >= 0.3 is 6.09 Å². The van der Waals surface area contributed by atoms with Gasteiger partial charge in [-0.15, -0.1) is 0 Å². The van der Waals surface area contributed by atoms with Crippen LogP contribution in [0, 0.1) is 0 Å². The van der Waals surface area contributed by atoms with Crippen LogP contribution in [0.5, 0.6) is 0 Å². The Morgan fingerprint density at radius 2 is 2.00 bits per heavy atom. The highest BCUT2D eigenvalue weighted by Gasteiger charge is 2.47. The summed E-state index contributed by atoms with van der Waals surface area (Å²) in [6, 6.07) is 0. The molecule has 0 bridgehead atoms. The molecule has 1 amide bonds. The first-order valence-electron chi connectivity index (χ1n) is 7.62. The number of carboxylic acid groups (broad SMARTS) is 1. The SMILES string of the molecule is CC(C)(C)c1c[nH]c(=O)c2c1C1(CCN(C(=O)O)CC1)OC2. The molecule has 1 aromatic heterocycles. The van der Waals surface area contributed by atoms with Gasteiger partial charge in [-0.3, -0.25) is 4.79 Å². The van der Waals surface area contributed by atoms with E-state index in [1.807, 2.05) is 0 Å². The lowest BCUT2D eigenvalue weighted by atomic mass is 9.75. The molecule has 2 aliphatic rings. The molecule has 0 aliphatic carbocycles. The standard InChI is InChI=1S/C16H22N2O4/c1-15(2,3)11-8-17-13(19)10-9-22-16(12(10)11)4-6-18(7-5-16)14(20)21/h8H,4-7,9H2,1-3H3,(H,17,19)(H,20,21). The number of aromatic amines is 1. The number of nitrogens with zero attached hydrogens (tertiary/aromatic N) is 1. The normalized spacial score (nSPS) is 20.2. The summed E-state index contributed by atoms with van der Waals surface area (Å²) in [5, 5.41) is 9.12. The lowest BCUT2D eigenvalue weighted by Crippen LogP contribution is -2.45. The van der Waals surface area contributed by atoms with E-state index < -0.39 is 11.7 Å². The van der Waals surface area contributed by atoms with Gasteiger partial charge in [0.05, 0.1) is 12.2 Å². The monoisotopic (exact) mass is 306 g/mol. The van der Waals surface area contributed by atoms with Crippen LogP contribution in [0.25, 0.3) is 0 Å². The smallest absolute Gasteiger partial charge is 0.407 e. The summed E-state index contributed by atoms with van der Waals surface area (Å²) in [7, 11) is 0. The molecule has 3 heterocycles. The topological polar surface area (TPSA) is 82.6 Å². The fourth-order valence-electron chi connectivity index (χ4n) is 3.56. The maximum atomic E-state index is 12.1. The van der Waals surface area contributed by atoms with Crippen molar-refractivity contribution in [3.8, 4) is 0 Å². The van der Waals surface area contributed by atoms with Gasteiger partial charge in [0.15, 0.2) is 0 Å². The Bertz CT molecular complexity index is 664. The Hall–Kier alpha value is -1.82. The van der Waals surface area contributed by atoms with Gasteiger partial charge < -0.3 is 19.7 Å². The number of nitrogens with one attached hydrogen (secondary N) is 1. The molecule has 0 aromatic carbocycles. The highest BCUT2D eigenvalue weighted by Crippen LogP contribution is 2.46. The van der Waals surface area contributed by atoms with Gasteiger partial charge in [0.2, 0.25) is 0 Å². The molecule has 1 aromatic rings. The average Bonchev–Trinajstić information content (AvgIpc) is 2.79. The number of hydrogen-bond acceptors (Lipinski definition) is 3. The zero-order valence-corrected chi connectivity index (χ0v) is 13.2. The Morgan fingerprint density at radius 1 is 1.36 bits per heavy atom. The van der Waals surface area contributed by atoms with E-state index >= 15 is 0 Å². The maximum absolute atomic E-state index is 12.1. The second-order valence-electron chi connectivity index (χ2n) is 7.19. The molecule has 0 radical (unpaired) electrons. The molecular formula is C16H22N2O4. The minimum atomic E-state index is -0.893. The van der Waals surface area contributed by atoms with Crippen LogP contribution < -0.4 is 5.56 Å². The van der Waals surface area contributed by atoms with Crippen molar-refractivity contribution in [2.75, 3.05) is 13.1 Å². The van der Waals surface area contributed by atoms with Crippen molar-refractivity contribution < 1.29 is 14.6 Å². The number of piperidine rings is 1. The first-order chi connectivity index (χ1) is 10.2. The number of H-pyrrole nitrogens is 1. The number of likely N-dealkylation sites (tertiary alicyclic amines) is 1. The van der Waals surface area contributed by atoms with E-state index in [4.69, 9.17) is 9.84 Å². The Morgan fingerprint density at radius 3 is 2.55 bits per heavy atom. The molecule has 6 heteroatoms. The predicted molar refractivity (Wildman–Crippen MR) is 81.1 cm³/mol. The molecule has 1 spiro atoms. The highest BCUT2D eigenvalue weighted by molar-refractivity contribution is 5.65. The van der Waals surface area contributed by atoms with Gasteiger partial charge in [-0.2, -0.15) is 0 Å². The second-order valence-corrected chi connectivity index (χ2v) is 7.19. The largest absolute Gasteiger partial charge is 0.465 e. The van der Waals surface area contributed by atoms with Gasteiger partial charge in [0.1, 0.15) is 0 Å². The molecule has 120 valence electrons. The molecule has 22 heavy (non-hydrogen) atoms. The van der Waals surface area contributed by atoms with Crippen molar-refractivity contribution in [3.63, 3.8) is 0 Å². The van der Waals surface area contributed by atoms with Gasteiger partial charge in [-0.05, 0) is 23.8 Å². The number of rotatable bonds is 0. The fourth-order valence-corrected chi connectivity index (χ4v) is 3.56. The lowest BCUT2D eigenvalue weighted by Gasteiger charge is -2.40. The van der Waals surface area contributed by atoms with Crippen LogP contribution in [0.2, 0.25) is 0 Å². The summed E-state index contributed by atoms with van der Waals surface area (Å²) >= 11 is 0. The summed E-state index contributed by atoms with van der Waals surface area (Å²) in [6.07, 6.45) is 2.09. The van der Waals surface area contributed by atoms with Crippen LogP contribution in [0.3, 0.4) is 0 Å². The third-order valence-corrected chi connectivity index (χ3v) is 4.79. The number of pyridine rings is 1. The Labute approximate surface area is 129 Å². The van der Waals surface area contributed by atoms with Crippen molar-refractivity contribution in [3.05, 3.63) is 33.2 Å². The number of carbonyl (C=O) groups is 1. The summed E-state index contributed by atoms with van der Waals surface area (Å²) in [5.41, 5.74) is 2.06. The van der Waals surface area contributed by atoms with E-state index in [0.29, 0.717) is 38.1 Å². The second kappa shape index (κ2) is 4.84. The van der Waals surface area contributed by atoms with E-state index in [-0.39, 0.29) is 11.0 Å². The molecule has 1 saturated heterocycles. The Kier molecular flexibility index (Phi) is 3.32. The first-order valence-corrected chi connectivity index (χ1v) is 7.62. The van der Waals surface area contributed by atoms with Gasteiger partial charge in [0, 0.05) is 30.4 Å². The molecule has 3 rings (SSSR count).